The average Bonchev–Trinajstić information content (AvgIpc) is 3.11. The summed E-state index contributed by atoms with van der Waals surface area (Å²) in [5, 5.41) is 50.9. The van der Waals surface area contributed by atoms with Crippen molar-refractivity contribution in [2.24, 2.45) is 0 Å². The third-order valence-corrected chi connectivity index (χ3v) is 6.76. The number of benzene rings is 2. The maximum Gasteiger partial charge on any atom is 0.163 e. The molecule has 0 radical (unpaired) electrons. The van der Waals surface area contributed by atoms with Gasteiger partial charge in [-0.25, -0.2) is 4.39 Å². The lowest BCUT2D eigenvalue weighted by Gasteiger charge is -2.40. The van der Waals surface area contributed by atoms with Gasteiger partial charge in [-0.05, 0) is 30.7 Å². The number of aryl methyl sites for hydroxylation is 1. The summed E-state index contributed by atoms with van der Waals surface area (Å²) >= 11 is 7.55. The number of aromatic hydroxyl groups is 1. The smallest absolute Gasteiger partial charge is 0.163 e. The Balaban J connectivity index is 1.86. The molecule has 0 aliphatic carbocycles. The molecule has 1 aliphatic rings. The first-order valence-electron chi connectivity index (χ1n) is 9.49. The number of nitrogens with zero attached hydrogens (tertiary/aromatic N) is 1. The molecule has 0 unspecified atom stereocenters. The number of phenols is 1. The zero-order valence-corrected chi connectivity index (χ0v) is 17.9. The molecule has 3 aromatic rings. The van der Waals surface area contributed by atoms with Gasteiger partial charge in [0.05, 0.1) is 17.1 Å². The van der Waals surface area contributed by atoms with Gasteiger partial charge in [-0.1, -0.05) is 29.4 Å². The van der Waals surface area contributed by atoms with Gasteiger partial charge in [0.25, 0.3) is 0 Å². The summed E-state index contributed by atoms with van der Waals surface area (Å²) in [4.78, 5) is 0.813. The van der Waals surface area contributed by atoms with E-state index in [4.69, 9.17) is 16.3 Å². The van der Waals surface area contributed by atoms with Gasteiger partial charge in [-0.15, -0.1) is 0 Å². The van der Waals surface area contributed by atoms with Gasteiger partial charge < -0.3 is 34.8 Å². The van der Waals surface area contributed by atoms with Crippen LogP contribution in [0.25, 0.3) is 10.9 Å². The van der Waals surface area contributed by atoms with E-state index in [2.05, 4.69) is 0 Å². The molecule has 0 saturated carbocycles. The van der Waals surface area contributed by atoms with E-state index in [0.29, 0.717) is 20.8 Å². The van der Waals surface area contributed by atoms with Crippen molar-refractivity contribution in [2.75, 3.05) is 6.61 Å². The van der Waals surface area contributed by atoms with Crippen LogP contribution >= 0.6 is 23.4 Å². The molecule has 5 N–H and O–H groups in total. The van der Waals surface area contributed by atoms with Gasteiger partial charge in [-0.2, -0.15) is 0 Å². The number of aromatic nitrogens is 1. The minimum Gasteiger partial charge on any atom is -0.508 e. The van der Waals surface area contributed by atoms with E-state index in [1.54, 1.807) is 22.9 Å². The van der Waals surface area contributed by atoms with E-state index < -0.39 is 43.1 Å². The number of aliphatic hydroxyl groups excluding tert-OH is 4. The van der Waals surface area contributed by atoms with Crippen molar-refractivity contribution >= 4 is 34.3 Å². The highest BCUT2D eigenvalue weighted by atomic mass is 35.5. The van der Waals surface area contributed by atoms with Gasteiger partial charge >= 0.3 is 0 Å². The molecule has 1 saturated heterocycles. The van der Waals surface area contributed by atoms with Crippen LogP contribution in [0.5, 0.6) is 5.75 Å². The van der Waals surface area contributed by atoms with Crippen molar-refractivity contribution in [2.45, 2.75) is 47.4 Å². The van der Waals surface area contributed by atoms with Crippen LogP contribution in [0.2, 0.25) is 5.02 Å². The molecule has 31 heavy (non-hydrogen) atoms. The second-order valence-corrected chi connectivity index (χ2v) is 8.92. The predicted molar refractivity (Wildman–Crippen MR) is 113 cm³/mol. The van der Waals surface area contributed by atoms with E-state index in [9.17, 15) is 29.9 Å². The number of hydrogen-bond acceptors (Lipinski definition) is 7. The van der Waals surface area contributed by atoms with Crippen LogP contribution in [0.3, 0.4) is 0 Å². The molecule has 0 amide bonds. The lowest BCUT2D eigenvalue weighted by Crippen LogP contribution is -2.56. The number of rotatable bonds is 4. The summed E-state index contributed by atoms with van der Waals surface area (Å²) in [5.74, 6) is -0.804. The molecular formula is C21H21ClFNO6S. The van der Waals surface area contributed by atoms with Gasteiger partial charge in [-0.3, -0.25) is 0 Å². The number of halogens is 2. The van der Waals surface area contributed by atoms with Gasteiger partial charge in [0.1, 0.15) is 36.0 Å². The molecule has 7 nitrogen and oxygen atoms in total. The molecular weight excluding hydrogens is 449 g/mol. The van der Waals surface area contributed by atoms with Crippen LogP contribution in [-0.4, -0.2) is 61.1 Å². The first-order valence-corrected chi connectivity index (χ1v) is 10.7. The Morgan fingerprint density at radius 2 is 1.84 bits per heavy atom. The highest BCUT2D eigenvalue weighted by Gasteiger charge is 2.44. The van der Waals surface area contributed by atoms with E-state index in [1.807, 2.05) is 6.92 Å². The van der Waals surface area contributed by atoms with Crippen molar-refractivity contribution in [3.63, 3.8) is 0 Å². The van der Waals surface area contributed by atoms with Crippen LogP contribution in [0.1, 0.15) is 11.8 Å². The summed E-state index contributed by atoms with van der Waals surface area (Å²) in [7, 11) is 0. The fourth-order valence-corrected chi connectivity index (χ4v) is 5.09. The van der Waals surface area contributed by atoms with Crippen LogP contribution in [0.4, 0.5) is 4.39 Å². The standard InChI is InChI=1S/C21H21ClFNO6S/c1-9-2-4-11(22)16-15(31-14-5-3-10(26)6-12(14)23)7-24(17(9)16)21-20(29)19(28)18(27)13(8-25)30-21/h2-7,13,18-21,25-29H,8H2,1H3/t13-,18-,19+,20-,21-/m1/s1. The lowest BCUT2D eigenvalue weighted by atomic mass is 9.98. The van der Waals surface area contributed by atoms with Crippen molar-refractivity contribution in [3.8, 4) is 5.75 Å². The van der Waals surface area contributed by atoms with E-state index in [1.165, 1.54) is 12.1 Å². The molecule has 1 fully saturated rings. The summed E-state index contributed by atoms with van der Waals surface area (Å²) in [6.07, 6.45) is -5.11. The summed E-state index contributed by atoms with van der Waals surface area (Å²) in [6, 6.07) is 7.30. The van der Waals surface area contributed by atoms with Crippen molar-refractivity contribution in [1.82, 2.24) is 4.57 Å². The molecule has 10 heteroatoms. The number of phenolic OH excluding ortho intramolecular Hbond substituents is 1. The molecule has 4 rings (SSSR count). The number of ether oxygens (including phenoxy) is 1. The monoisotopic (exact) mass is 469 g/mol. The van der Waals surface area contributed by atoms with Crippen molar-refractivity contribution < 1.29 is 34.7 Å². The van der Waals surface area contributed by atoms with Gasteiger partial charge in [0.2, 0.25) is 0 Å². The summed E-state index contributed by atoms with van der Waals surface area (Å²) < 4.78 is 21.6. The van der Waals surface area contributed by atoms with E-state index in [-0.39, 0.29) is 10.6 Å². The zero-order chi connectivity index (χ0) is 22.4. The van der Waals surface area contributed by atoms with Crippen LogP contribution in [0, 0.1) is 12.7 Å². The molecule has 5 atom stereocenters. The van der Waals surface area contributed by atoms with Gasteiger partial charge in [0, 0.05) is 27.4 Å². The third-order valence-electron chi connectivity index (χ3n) is 5.37. The van der Waals surface area contributed by atoms with Gasteiger partial charge in [0.15, 0.2) is 6.23 Å². The fraction of sp³-hybridized carbons (Fsp3) is 0.333. The molecule has 0 spiro atoms. The topological polar surface area (TPSA) is 115 Å². The number of hydrogen-bond donors (Lipinski definition) is 5. The molecule has 2 heterocycles. The van der Waals surface area contributed by atoms with E-state index >= 15 is 0 Å². The Morgan fingerprint density at radius 1 is 1.10 bits per heavy atom. The lowest BCUT2D eigenvalue weighted by molar-refractivity contribution is -0.250. The fourth-order valence-electron chi connectivity index (χ4n) is 3.77. The largest absolute Gasteiger partial charge is 0.508 e. The maximum absolute atomic E-state index is 14.4. The van der Waals surface area contributed by atoms with Crippen molar-refractivity contribution in [3.05, 3.63) is 52.9 Å². The second kappa shape index (κ2) is 8.59. The van der Waals surface area contributed by atoms with E-state index in [0.717, 1.165) is 23.4 Å². The Hall–Kier alpha value is -1.85. The van der Waals surface area contributed by atoms with Crippen LogP contribution in [0.15, 0.2) is 46.3 Å². The first kappa shape index (κ1) is 22.3. The molecule has 0 bridgehead atoms. The molecule has 1 aromatic heterocycles. The molecule has 2 aromatic carbocycles. The first-order chi connectivity index (χ1) is 14.7. The molecule has 166 valence electrons. The van der Waals surface area contributed by atoms with Crippen LogP contribution < -0.4 is 0 Å². The third kappa shape index (κ3) is 3.91. The number of aliphatic hydroxyl groups is 4. The van der Waals surface area contributed by atoms with Crippen molar-refractivity contribution in [1.29, 1.82) is 0 Å². The Labute approximate surface area is 186 Å². The quantitative estimate of drug-likeness (QED) is 0.399. The SMILES string of the molecule is Cc1ccc(Cl)c2c(Sc3ccc(O)cc3F)cn([C@@H]3O[C@H](CO)[C@@H](O)[C@H](O)[C@H]3O)c12. The second-order valence-electron chi connectivity index (χ2n) is 7.42. The minimum atomic E-state index is -1.54. The normalized spacial score (nSPS) is 26.5. The minimum absolute atomic E-state index is 0.195. The Kier molecular flexibility index (Phi) is 6.19. The maximum atomic E-state index is 14.4. The predicted octanol–water partition coefficient (Wildman–Crippen LogP) is 2.57. The van der Waals surface area contributed by atoms with Crippen LogP contribution in [-0.2, 0) is 4.74 Å². The Bertz CT molecular complexity index is 1120. The summed E-state index contributed by atoms with van der Waals surface area (Å²) in [5.41, 5.74) is 1.38. The Morgan fingerprint density at radius 3 is 2.52 bits per heavy atom. The highest BCUT2D eigenvalue weighted by Crippen LogP contribution is 2.43. The zero-order valence-electron chi connectivity index (χ0n) is 16.3. The average molecular weight is 470 g/mol. The highest BCUT2D eigenvalue weighted by molar-refractivity contribution is 7.99. The summed E-state index contributed by atoms with van der Waals surface area (Å²) in [6.45, 7) is 1.27. The molecule has 1 aliphatic heterocycles. The number of fused-ring (bicyclic) bond motifs is 1.